The fraction of sp³-hybridized carbons (Fsp3) is 0.278. The minimum absolute atomic E-state index is 0.772. The molecule has 2 aliphatic rings. The first kappa shape index (κ1) is 14.5. The fourth-order valence-electron chi connectivity index (χ4n) is 3.20. The topological polar surface area (TPSA) is 31.4 Å². The van der Waals surface area contributed by atoms with E-state index in [2.05, 4.69) is 38.5 Å². The Morgan fingerprint density at radius 1 is 1.13 bits per heavy atom. The molecule has 23 heavy (non-hydrogen) atoms. The third-order valence-corrected chi connectivity index (χ3v) is 4.68. The smallest absolute Gasteiger partial charge is 0.0625 e. The number of halogens is 1. The number of hydrogen-bond acceptors (Lipinski definition) is 4. The first-order valence-electron chi connectivity index (χ1n) is 7.90. The number of nitrogens with zero attached hydrogens (tertiary/aromatic N) is 3. The molecule has 0 bridgehead atoms. The average Bonchev–Trinajstić information content (AvgIpc) is 3.00. The molecule has 0 unspecified atom stereocenters. The molecule has 0 radical (unpaired) electrons. The molecule has 0 spiro atoms. The maximum absolute atomic E-state index is 5.98. The van der Waals surface area contributed by atoms with Gasteiger partial charge >= 0.3 is 0 Å². The first-order valence-corrected chi connectivity index (χ1v) is 8.28. The van der Waals surface area contributed by atoms with Gasteiger partial charge in [-0.15, -0.1) is 0 Å². The predicted molar refractivity (Wildman–Crippen MR) is 93.1 cm³/mol. The van der Waals surface area contributed by atoms with E-state index in [4.69, 9.17) is 11.6 Å². The molecule has 4 rings (SSSR count). The summed E-state index contributed by atoms with van der Waals surface area (Å²) in [5.74, 6) is 0. The molecule has 0 amide bonds. The lowest BCUT2D eigenvalue weighted by molar-refractivity contribution is 0.274. The van der Waals surface area contributed by atoms with Crippen molar-refractivity contribution in [1.82, 2.24) is 15.3 Å². The van der Waals surface area contributed by atoms with Crippen molar-refractivity contribution in [3.8, 4) is 0 Å². The lowest BCUT2D eigenvalue weighted by Gasteiger charge is -2.27. The van der Waals surface area contributed by atoms with Crippen LogP contribution in [0.25, 0.3) is 0 Å². The van der Waals surface area contributed by atoms with Crippen LogP contribution >= 0.6 is 11.6 Å². The number of anilines is 1. The highest BCUT2D eigenvalue weighted by atomic mass is 35.5. The van der Waals surface area contributed by atoms with E-state index >= 15 is 0 Å². The Hall–Kier alpha value is -2.04. The van der Waals surface area contributed by atoms with Crippen molar-refractivity contribution in [1.29, 1.82) is 0 Å². The van der Waals surface area contributed by atoms with Crippen LogP contribution < -0.4 is 10.4 Å². The van der Waals surface area contributed by atoms with Crippen molar-refractivity contribution in [3.05, 3.63) is 70.6 Å². The van der Waals surface area contributed by atoms with Crippen molar-refractivity contribution in [2.24, 2.45) is 0 Å². The Labute approximate surface area is 141 Å². The summed E-state index contributed by atoms with van der Waals surface area (Å²) in [6.45, 7) is 3.98. The normalized spacial score (nSPS) is 18.0. The van der Waals surface area contributed by atoms with Gasteiger partial charge in [0.2, 0.25) is 0 Å². The van der Waals surface area contributed by atoms with Crippen LogP contribution in [0.15, 0.2) is 60.1 Å². The molecule has 0 saturated heterocycles. The fourth-order valence-corrected chi connectivity index (χ4v) is 3.33. The Kier molecular flexibility index (Phi) is 3.93. The molecular formula is C18H19ClN4. The highest BCUT2D eigenvalue weighted by Crippen LogP contribution is 2.27. The Balaban J connectivity index is 1.41. The molecule has 0 saturated carbocycles. The van der Waals surface area contributed by atoms with Crippen molar-refractivity contribution in [3.63, 3.8) is 0 Å². The standard InChI is InChI=1S/C18H19ClN4/c19-16-3-5-17(6-4-16)23-12-15-7-9-22(13-18(15)21-23)11-14-2-1-8-20-10-14/h1-6,8,10,21H,7,9,11-13H2. The van der Waals surface area contributed by atoms with Crippen molar-refractivity contribution >= 4 is 17.3 Å². The number of aromatic nitrogens is 1. The summed E-state index contributed by atoms with van der Waals surface area (Å²) >= 11 is 5.98. The summed E-state index contributed by atoms with van der Waals surface area (Å²) in [7, 11) is 0. The van der Waals surface area contributed by atoms with Gasteiger partial charge in [0.1, 0.15) is 0 Å². The van der Waals surface area contributed by atoms with Gasteiger partial charge in [-0.1, -0.05) is 17.7 Å². The summed E-state index contributed by atoms with van der Waals surface area (Å²) in [5, 5.41) is 2.97. The molecule has 1 N–H and O–H groups in total. The predicted octanol–water partition coefficient (Wildman–Crippen LogP) is 3.22. The summed E-state index contributed by atoms with van der Waals surface area (Å²) in [6.07, 6.45) is 4.89. The number of hydrogen-bond donors (Lipinski definition) is 1. The van der Waals surface area contributed by atoms with Crippen LogP contribution in [-0.2, 0) is 6.54 Å². The summed E-state index contributed by atoms with van der Waals surface area (Å²) in [5.41, 5.74) is 8.84. The van der Waals surface area contributed by atoms with E-state index in [1.165, 1.54) is 16.8 Å². The minimum Gasteiger partial charge on any atom is -0.301 e. The molecule has 3 heterocycles. The molecule has 0 fully saturated rings. The van der Waals surface area contributed by atoms with Gasteiger partial charge in [0.05, 0.1) is 12.2 Å². The van der Waals surface area contributed by atoms with E-state index in [1.807, 2.05) is 30.6 Å². The lowest BCUT2D eigenvalue weighted by Crippen LogP contribution is -2.36. The molecule has 118 valence electrons. The molecule has 4 nitrogen and oxygen atoms in total. The molecule has 2 aromatic rings. The van der Waals surface area contributed by atoms with Crippen LogP contribution in [0.4, 0.5) is 5.69 Å². The van der Waals surface area contributed by atoms with E-state index < -0.39 is 0 Å². The van der Waals surface area contributed by atoms with Crippen molar-refractivity contribution in [2.75, 3.05) is 24.6 Å². The van der Waals surface area contributed by atoms with E-state index in [9.17, 15) is 0 Å². The number of hydrazine groups is 1. The van der Waals surface area contributed by atoms with Gasteiger partial charge in [-0.2, -0.15) is 0 Å². The number of rotatable bonds is 3. The molecular weight excluding hydrogens is 308 g/mol. The van der Waals surface area contributed by atoms with E-state index in [-0.39, 0.29) is 0 Å². The highest BCUT2D eigenvalue weighted by Gasteiger charge is 2.27. The second-order valence-corrected chi connectivity index (χ2v) is 6.51. The van der Waals surface area contributed by atoms with Crippen LogP contribution in [-0.4, -0.2) is 29.5 Å². The maximum atomic E-state index is 5.98. The van der Waals surface area contributed by atoms with Crippen molar-refractivity contribution < 1.29 is 0 Å². The number of nitrogens with one attached hydrogen (secondary N) is 1. The molecule has 0 atom stereocenters. The summed E-state index contributed by atoms with van der Waals surface area (Å²) < 4.78 is 0. The van der Waals surface area contributed by atoms with E-state index in [0.717, 1.165) is 43.3 Å². The zero-order valence-electron chi connectivity index (χ0n) is 12.9. The third-order valence-electron chi connectivity index (χ3n) is 4.42. The van der Waals surface area contributed by atoms with Gasteiger partial charge in [-0.25, -0.2) is 0 Å². The zero-order chi connectivity index (χ0) is 15.6. The maximum Gasteiger partial charge on any atom is 0.0625 e. The SMILES string of the molecule is Clc1ccc(N2CC3=C(CN(Cc4cccnc4)CC3)N2)cc1. The molecule has 1 aromatic carbocycles. The first-order chi connectivity index (χ1) is 11.3. The molecule has 2 aliphatic heterocycles. The number of benzene rings is 1. The molecule has 1 aromatic heterocycles. The highest BCUT2D eigenvalue weighted by molar-refractivity contribution is 6.30. The van der Waals surface area contributed by atoms with Crippen LogP contribution in [0.2, 0.25) is 5.02 Å². The zero-order valence-corrected chi connectivity index (χ0v) is 13.6. The second-order valence-electron chi connectivity index (χ2n) is 6.08. The van der Waals surface area contributed by atoms with Gasteiger partial charge in [-0.3, -0.25) is 14.9 Å². The van der Waals surface area contributed by atoms with Crippen LogP contribution in [0.1, 0.15) is 12.0 Å². The van der Waals surface area contributed by atoms with Gasteiger partial charge in [0, 0.05) is 42.7 Å². The van der Waals surface area contributed by atoms with Crippen LogP contribution in [0.5, 0.6) is 0 Å². The van der Waals surface area contributed by atoms with Gasteiger partial charge in [0.15, 0.2) is 0 Å². The monoisotopic (exact) mass is 326 g/mol. The third kappa shape index (κ3) is 3.19. The largest absolute Gasteiger partial charge is 0.301 e. The number of pyridine rings is 1. The molecule has 5 heteroatoms. The van der Waals surface area contributed by atoms with Crippen LogP contribution in [0, 0.1) is 0 Å². The van der Waals surface area contributed by atoms with Crippen LogP contribution in [0.3, 0.4) is 0 Å². The van der Waals surface area contributed by atoms with Gasteiger partial charge in [0.25, 0.3) is 0 Å². The van der Waals surface area contributed by atoms with Gasteiger partial charge in [-0.05, 0) is 47.9 Å². The Morgan fingerprint density at radius 2 is 2.00 bits per heavy atom. The molecule has 0 aliphatic carbocycles. The second kappa shape index (κ2) is 6.22. The van der Waals surface area contributed by atoms with Gasteiger partial charge < -0.3 is 5.43 Å². The quantitative estimate of drug-likeness (QED) is 0.938. The summed E-state index contributed by atoms with van der Waals surface area (Å²) in [4.78, 5) is 6.67. The minimum atomic E-state index is 0.772. The van der Waals surface area contributed by atoms with Crippen molar-refractivity contribution in [2.45, 2.75) is 13.0 Å². The Bertz CT molecular complexity index is 712. The lowest BCUT2D eigenvalue weighted by atomic mass is 10.1. The Morgan fingerprint density at radius 3 is 2.78 bits per heavy atom. The average molecular weight is 327 g/mol. The van der Waals surface area contributed by atoms with E-state index in [1.54, 1.807) is 0 Å². The summed E-state index contributed by atoms with van der Waals surface area (Å²) in [6, 6.07) is 12.1. The van der Waals surface area contributed by atoms with E-state index in [0.29, 0.717) is 0 Å².